The molecule has 2 unspecified atom stereocenters. The minimum atomic E-state index is 0.285. The molecular formula is C11H18ClN3O. The molecule has 0 spiro atoms. The van der Waals surface area contributed by atoms with Crippen molar-refractivity contribution in [2.75, 3.05) is 6.61 Å². The Morgan fingerprint density at radius 1 is 1.62 bits per heavy atom. The molecule has 0 amide bonds. The van der Waals surface area contributed by atoms with Crippen molar-refractivity contribution >= 4 is 11.6 Å². The first-order chi connectivity index (χ1) is 7.59. The van der Waals surface area contributed by atoms with Gasteiger partial charge in [0.2, 0.25) is 0 Å². The minimum Gasteiger partial charge on any atom is -0.377 e. The molecule has 1 aromatic rings. The molecule has 0 aliphatic carbocycles. The monoisotopic (exact) mass is 243 g/mol. The summed E-state index contributed by atoms with van der Waals surface area (Å²) < 4.78 is 7.34. The number of halogens is 1. The van der Waals surface area contributed by atoms with Gasteiger partial charge in [-0.3, -0.25) is 4.68 Å². The van der Waals surface area contributed by atoms with E-state index in [1.165, 1.54) is 0 Å². The van der Waals surface area contributed by atoms with Gasteiger partial charge in [-0.15, -0.1) is 0 Å². The summed E-state index contributed by atoms with van der Waals surface area (Å²) in [5.41, 5.74) is 1.93. The van der Waals surface area contributed by atoms with Crippen molar-refractivity contribution in [1.29, 1.82) is 0 Å². The van der Waals surface area contributed by atoms with Crippen LogP contribution < -0.4 is 5.32 Å². The molecule has 0 bridgehead atoms. The highest BCUT2D eigenvalue weighted by atomic mass is 35.5. The molecule has 1 aromatic heterocycles. The number of aromatic nitrogens is 2. The molecule has 1 aliphatic rings. The second-order valence-corrected chi connectivity index (χ2v) is 4.70. The van der Waals surface area contributed by atoms with Gasteiger partial charge in [0.25, 0.3) is 0 Å². The molecule has 0 aromatic carbocycles. The van der Waals surface area contributed by atoms with E-state index in [0.717, 1.165) is 36.0 Å². The van der Waals surface area contributed by atoms with Crippen molar-refractivity contribution in [3.63, 3.8) is 0 Å². The zero-order chi connectivity index (χ0) is 11.7. The lowest BCUT2D eigenvalue weighted by molar-refractivity contribution is 0.113. The van der Waals surface area contributed by atoms with Crippen molar-refractivity contribution in [1.82, 2.24) is 15.1 Å². The van der Waals surface area contributed by atoms with Crippen LogP contribution in [0.2, 0.25) is 5.02 Å². The first kappa shape index (κ1) is 11.9. The predicted molar refractivity (Wildman–Crippen MR) is 63.6 cm³/mol. The average Bonchev–Trinajstić information content (AvgIpc) is 2.72. The lowest BCUT2D eigenvalue weighted by Crippen LogP contribution is -2.34. The highest BCUT2D eigenvalue weighted by Gasteiger charge is 2.24. The summed E-state index contributed by atoms with van der Waals surface area (Å²) in [7, 11) is 1.92. The highest BCUT2D eigenvalue weighted by molar-refractivity contribution is 6.31. The maximum atomic E-state index is 6.18. The van der Waals surface area contributed by atoms with E-state index >= 15 is 0 Å². The molecule has 1 saturated heterocycles. The number of nitrogens with one attached hydrogen (secondary N) is 1. The third kappa shape index (κ3) is 2.24. The molecule has 1 N–H and O–H groups in total. The van der Waals surface area contributed by atoms with Gasteiger partial charge in [0.05, 0.1) is 22.5 Å². The van der Waals surface area contributed by atoms with Gasteiger partial charge in [0.15, 0.2) is 0 Å². The fourth-order valence-electron chi connectivity index (χ4n) is 2.10. The molecule has 2 atom stereocenters. The van der Waals surface area contributed by atoms with Gasteiger partial charge in [-0.1, -0.05) is 11.6 Å². The van der Waals surface area contributed by atoms with Gasteiger partial charge in [-0.2, -0.15) is 5.10 Å². The Morgan fingerprint density at radius 3 is 2.88 bits per heavy atom. The van der Waals surface area contributed by atoms with Crippen LogP contribution in [0.25, 0.3) is 0 Å². The summed E-state index contributed by atoms with van der Waals surface area (Å²) in [6, 6.07) is 0.422. The maximum absolute atomic E-state index is 6.18. The van der Waals surface area contributed by atoms with Crippen molar-refractivity contribution in [3.8, 4) is 0 Å². The van der Waals surface area contributed by atoms with E-state index in [1.807, 2.05) is 18.7 Å². The highest BCUT2D eigenvalue weighted by Crippen LogP contribution is 2.20. The SMILES string of the molecule is Cc1nn(C)c(CNC2CCOC2C)c1Cl. The molecule has 4 nitrogen and oxygen atoms in total. The topological polar surface area (TPSA) is 39.1 Å². The molecule has 1 aliphatic heterocycles. The molecular weight excluding hydrogens is 226 g/mol. The predicted octanol–water partition coefficient (Wildman–Crippen LogP) is 1.65. The number of aryl methyl sites for hydroxylation is 2. The Kier molecular flexibility index (Phi) is 3.52. The number of hydrogen-bond donors (Lipinski definition) is 1. The van der Waals surface area contributed by atoms with Crippen LogP contribution in [0.4, 0.5) is 0 Å². The van der Waals surface area contributed by atoms with Crippen LogP contribution in [0.3, 0.4) is 0 Å². The van der Waals surface area contributed by atoms with Gasteiger partial charge < -0.3 is 10.1 Å². The lowest BCUT2D eigenvalue weighted by atomic mass is 10.1. The first-order valence-corrected chi connectivity index (χ1v) is 6.00. The molecule has 0 saturated carbocycles. The summed E-state index contributed by atoms with van der Waals surface area (Å²) in [4.78, 5) is 0. The zero-order valence-corrected chi connectivity index (χ0v) is 10.7. The number of nitrogens with zero attached hydrogens (tertiary/aromatic N) is 2. The van der Waals surface area contributed by atoms with Crippen LogP contribution in [-0.2, 0) is 18.3 Å². The van der Waals surface area contributed by atoms with Crippen molar-refractivity contribution in [2.45, 2.75) is 39.0 Å². The molecule has 2 rings (SSSR count). The normalized spacial score (nSPS) is 25.2. The van der Waals surface area contributed by atoms with Crippen LogP contribution in [0.5, 0.6) is 0 Å². The van der Waals surface area contributed by atoms with Gasteiger partial charge in [-0.05, 0) is 20.3 Å². The van der Waals surface area contributed by atoms with Crippen LogP contribution >= 0.6 is 11.6 Å². The van der Waals surface area contributed by atoms with Gasteiger partial charge in [0, 0.05) is 26.2 Å². The van der Waals surface area contributed by atoms with E-state index in [9.17, 15) is 0 Å². The third-order valence-corrected chi connectivity index (χ3v) is 3.66. The average molecular weight is 244 g/mol. The number of ether oxygens (including phenoxy) is 1. The summed E-state index contributed by atoms with van der Waals surface area (Å²) >= 11 is 6.18. The second kappa shape index (κ2) is 4.73. The summed E-state index contributed by atoms with van der Waals surface area (Å²) in [6.07, 6.45) is 1.35. The van der Waals surface area contributed by atoms with Gasteiger partial charge in [-0.25, -0.2) is 0 Å². The van der Waals surface area contributed by atoms with E-state index in [4.69, 9.17) is 16.3 Å². The van der Waals surface area contributed by atoms with Gasteiger partial charge >= 0.3 is 0 Å². The Hall–Kier alpha value is -0.580. The van der Waals surface area contributed by atoms with E-state index in [-0.39, 0.29) is 6.10 Å². The van der Waals surface area contributed by atoms with Crippen molar-refractivity contribution < 1.29 is 4.74 Å². The van der Waals surface area contributed by atoms with Crippen molar-refractivity contribution in [3.05, 3.63) is 16.4 Å². The van der Waals surface area contributed by atoms with Crippen molar-refractivity contribution in [2.24, 2.45) is 7.05 Å². The molecule has 2 heterocycles. The molecule has 0 radical (unpaired) electrons. The largest absolute Gasteiger partial charge is 0.377 e. The number of hydrogen-bond acceptors (Lipinski definition) is 3. The van der Waals surface area contributed by atoms with E-state index in [1.54, 1.807) is 0 Å². The Morgan fingerprint density at radius 2 is 2.38 bits per heavy atom. The first-order valence-electron chi connectivity index (χ1n) is 5.62. The van der Waals surface area contributed by atoms with Crippen LogP contribution in [0, 0.1) is 6.92 Å². The quantitative estimate of drug-likeness (QED) is 0.878. The van der Waals surface area contributed by atoms with Crippen LogP contribution in [-0.4, -0.2) is 28.5 Å². The molecule has 16 heavy (non-hydrogen) atoms. The smallest absolute Gasteiger partial charge is 0.0860 e. The second-order valence-electron chi connectivity index (χ2n) is 4.32. The lowest BCUT2D eigenvalue weighted by Gasteiger charge is -2.16. The Labute approximate surface area is 101 Å². The summed E-state index contributed by atoms with van der Waals surface area (Å²) in [5, 5.41) is 8.53. The van der Waals surface area contributed by atoms with Crippen LogP contribution in [0.15, 0.2) is 0 Å². The summed E-state index contributed by atoms with van der Waals surface area (Å²) in [5.74, 6) is 0. The third-order valence-electron chi connectivity index (χ3n) is 3.17. The van der Waals surface area contributed by atoms with E-state index in [0.29, 0.717) is 6.04 Å². The molecule has 1 fully saturated rings. The Balaban J connectivity index is 1.99. The van der Waals surface area contributed by atoms with E-state index in [2.05, 4.69) is 17.3 Å². The molecule has 90 valence electrons. The minimum absolute atomic E-state index is 0.285. The fourth-order valence-corrected chi connectivity index (χ4v) is 2.33. The molecule has 5 heteroatoms. The maximum Gasteiger partial charge on any atom is 0.0860 e. The number of rotatable bonds is 3. The summed E-state index contributed by atoms with van der Waals surface area (Å²) in [6.45, 7) is 5.61. The van der Waals surface area contributed by atoms with Gasteiger partial charge in [0.1, 0.15) is 0 Å². The van der Waals surface area contributed by atoms with Crippen LogP contribution in [0.1, 0.15) is 24.7 Å². The van der Waals surface area contributed by atoms with E-state index < -0.39 is 0 Å². The zero-order valence-electron chi connectivity index (χ0n) is 9.96. The standard InChI is InChI=1S/C11H18ClN3O/c1-7-11(12)10(15(3)14-7)6-13-9-4-5-16-8(9)2/h8-9,13H,4-6H2,1-3H3. The fraction of sp³-hybridized carbons (Fsp3) is 0.727. The Bertz CT molecular complexity index is 378.